The Kier molecular flexibility index (Phi) is 6.37. The number of anilines is 1. The van der Waals surface area contributed by atoms with E-state index in [4.69, 9.17) is 5.73 Å². The van der Waals surface area contributed by atoms with E-state index in [1.54, 1.807) is 25.1 Å². The summed E-state index contributed by atoms with van der Waals surface area (Å²) in [7, 11) is 0. The number of carboxylic acid groups (broad SMARTS) is 1. The zero-order valence-corrected chi connectivity index (χ0v) is 12.8. The van der Waals surface area contributed by atoms with Gasteiger partial charge >= 0.3 is 5.97 Å². The van der Waals surface area contributed by atoms with Crippen LogP contribution in [0.1, 0.15) is 42.6 Å². The third-order valence-electron chi connectivity index (χ3n) is 3.37. The lowest BCUT2D eigenvalue weighted by Crippen LogP contribution is -2.24. The van der Waals surface area contributed by atoms with Gasteiger partial charge in [-0.1, -0.05) is 26.0 Å². The number of carbonyl (C=O) groups excluding carboxylic acids is 1. The Labute approximate surface area is 125 Å². The summed E-state index contributed by atoms with van der Waals surface area (Å²) in [6, 6.07) is 5.04. The van der Waals surface area contributed by atoms with Gasteiger partial charge in [-0.15, -0.1) is 0 Å². The maximum Gasteiger partial charge on any atom is 0.338 e. The molecule has 0 aliphatic heterocycles. The summed E-state index contributed by atoms with van der Waals surface area (Å²) in [6.07, 6.45) is 1.19. The molecule has 1 atom stereocenters. The Morgan fingerprint density at radius 2 is 2.00 bits per heavy atom. The van der Waals surface area contributed by atoms with Gasteiger partial charge < -0.3 is 16.2 Å². The second kappa shape index (κ2) is 7.78. The minimum Gasteiger partial charge on any atom is -0.478 e. The molecule has 5 nitrogen and oxygen atoms in total. The van der Waals surface area contributed by atoms with Gasteiger partial charge in [0.2, 0.25) is 5.91 Å². The molecule has 0 heterocycles. The first kappa shape index (κ1) is 17.2. The number of nitrogens with two attached hydrogens (primary N) is 1. The second-order valence-corrected chi connectivity index (χ2v) is 5.79. The minimum atomic E-state index is -1.04. The Balaban J connectivity index is 2.79. The van der Waals surface area contributed by atoms with E-state index < -0.39 is 5.97 Å². The number of carboxylic acids is 1. The van der Waals surface area contributed by atoms with E-state index >= 15 is 0 Å². The highest BCUT2D eigenvalue weighted by Gasteiger charge is 2.18. The predicted molar refractivity (Wildman–Crippen MR) is 83.4 cm³/mol. The molecule has 1 rings (SSSR count). The largest absolute Gasteiger partial charge is 0.478 e. The molecule has 0 spiro atoms. The highest BCUT2D eigenvalue weighted by molar-refractivity contribution is 6.01. The smallest absolute Gasteiger partial charge is 0.338 e. The molecule has 1 aromatic rings. The Bertz CT molecular complexity index is 512. The number of aryl methyl sites for hydroxylation is 1. The average molecular weight is 292 g/mol. The van der Waals surface area contributed by atoms with E-state index in [0.29, 0.717) is 30.1 Å². The molecule has 0 aromatic heterocycles. The van der Waals surface area contributed by atoms with Crippen LogP contribution in [0, 0.1) is 18.8 Å². The number of rotatable bonds is 7. The summed E-state index contributed by atoms with van der Waals surface area (Å²) in [5.74, 6) is -0.650. The normalized spacial score (nSPS) is 12.2. The SMILES string of the molecule is Cc1cccc(NC(=O)C[C@@H](CN)CC(C)C)c1C(=O)O. The maximum atomic E-state index is 12.1. The van der Waals surface area contributed by atoms with Crippen molar-refractivity contribution in [1.82, 2.24) is 0 Å². The number of nitrogens with one attached hydrogen (secondary N) is 1. The lowest BCUT2D eigenvalue weighted by molar-refractivity contribution is -0.117. The lowest BCUT2D eigenvalue weighted by Gasteiger charge is -2.17. The summed E-state index contributed by atoms with van der Waals surface area (Å²) in [5.41, 5.74) is 6.79. The summed E-state index contributed by atoms with van der Waals surface area (Å²) in [6.45, 7) is 6.33. The summed E-state index contributed by atoms with van der Waals surface area (Å²) in [4.78, 5) is 23.4. The van der Waals surface area contributed by atoms with Gasteiger partial charge in [0.15, 0.2) is 0 Å². The van der Waals surface area contributed by atoms with E-state index in [1.807, 2.05) is 0 Å². The molecular formula is C16H24N2O3. The molecule has 0 bridgehead atoms. The second-order valence-electron chi connectivity index (χ2n) is 5.79. The predicted octanol–water partition coefficient (Wildman–Crippen LogP) is 2.64. The fourth-order valence-corrected chi connectivity index (χ4v) is 2.45. The number of hydrogen-bond donors (Lipinski definition) is 3. The van der Waals surface area contributed by atoms with E-state index in [0.717, 1.165) is 6.42 Å². The Hall–Kier alpha value is -1.88. The van der Waals surface area contributed by atoms with Gasteiger partial charge in [-0.2, -0.15) is 0 Å². The number of benzene rings is 1. The summed E-state index contributed by atoms with van der Waals surface area (Å²) in [5, 5.41) is 11.9. The van der Waals surface area contributed by atoms with Crippen molar-refractivity contribution in [2.45, 2.75) is 33.6 Å². The molecular weight excluding hydrogens is 268 g/mol. The van der Waals surface area contributed by atoms with Crippen LogP contribution < -0.4 is 11.1 Å². The topological polar surface area (TPSA) is 92.4 Å². The maximum absolute atomic E-state index is 12.1. The van der Waals surface area contributed by atoms with Crippen molar-refractivity contribution in [3.63, 3.8) is 0 Å². The third kappa shape index (κ3) is 5.19. The van der Waals surface area contributed by atoms with Crippen LogP contribution in [0.2, 0.25) is 0 Å². The van der Waals surface area contributed by atoms with Crippen molar-refractivity contribution in [2.75, 3.05) is 11.9 Å². The third-order valence-corrected chi connectivity index (χ3v) is 3.37. The molecule has 21 heavy (non-hydrogen) atoms. The minimum absolute atomic E-state index is 0.114. The van der Waals surface area contributed by atoms with Crippen LogP contribution in [0.25, 0.3) is 0 Å². The zero-order chi connectivity index (χ0) is 16.0. The molecule has 5 heteroatoms. The van der Waals surface area contributed by atoms with Gasteiger partial charge in [-0.05, 0) is 43.4 Å². The summed E-state index contributed by atoms with van der Waals surface area (Å²) < 4.78 is 0. The van der Waals surface area contributed by atoms with Crippen LogP contribution in [0.15, 0.2) is 18.2 Å². The van der Waals surface area contributed by atoms with Crippen LogP contribution in [0.3, 0.4) is 0 Å². The lowest BCUT2D eigenvalue weighted by atomic mass is 9.94. The van der Waals surface area contributed by atoms with E-state index in [2.05, 4.69) is 19.2 Å². The van der Waals surface area contributed by atoms with Crippen molar-refractivity contribution < 1.29 is 14.7 Å². The highest BCUT2D eigenvalue weighted by Crippen LogP contribution is 2.21. The zero-order valence-electron chi connectivity index (χ0n) is 12.8. The Morgan fingerprint density at radius 3 is 2.52 bits per heavy atom. The standard InChI is InChI=1S/C16H24N2O3/c1-10(2)7-12(9-17)8-14(19)18-13-6-4-5-11(3)15(13)16(20)21/h4-6,10,12H,7-9,17H2,1-3H3,(H,18,19)(H,20,21)/t12-/m0/s1. The summed E-state index contributed by atoms with van der Waals surface area (Å²) >= 11 is 0. The van der Waals surface area contributed by atoms with Crippen LogP contribution in [-0.2, 0) is 4.79 Å². The van der Waals surface area contributed by atoms with Crippen LogP contribution in [-0.4, -0.2) is 23.5 Å². The molecule has 0 aliphatic rings. The van der Waals surface area contributed by atoms with Gasteiger partial charge in [-0.3, -0.25) is 4.79 Å². The average Bonchev–Trinajstić information content (AvgIpc) is 2.36. The first-order valence-corrected chi connectivity index (χ1v) is 7.18. The highest BCUT2D eigenvalue weighted by atomic mass is 16.4. The molecule has 0 fully saturated rings. The molecule has 116 valence electrons. The van der Waals surface area contributed by atoms with Crippen LogP contribution in [0.4, 0.5) is 5.69 Å². The fraction of sp³-hybridized carbons (Fsp3) is 0.500. The molecule has 0 unspecified atom stereocenters. The molecule has 4 N–H and O–H groups in total. The molecule has 0 aliphatic carbocycles. The van der Waals surface area contributed by atoms with Gasteiger partial charge in [0.25, 0.3) is 0 Å². The van der Waals surface area contributed by atoms with Gasteiger partial charge in [-0.25, -0.2) is 4.79 Å². The van der Waals surface area contributed by atoms with Gasteiger partial charge in [0.05, 0.1) is 11.3 Å². The van der Waals surface area contributed by atoms with Crippen molar-refractivity contribution >= 4 is 17.6 Å². The quantitative estimate of drug-likeness (QED) is 0.720. The fourth-order valence-electron chi connectivity index (χ4n) is 2.45. The number of carbonyl (C=O) groups is 2. The molecule has 1 aromatic carbocycles. The first-order chi connectivity index (χ1) is 9.85. The van der Waals surface area contributed by atoms with Gasteiger partial charge in [0.1, 0.15) is 0 Å². The van der Waals surface area contributed by atoms with E-state index in [1.165, 1.54) is 0 Å². The number of aromatic carboxylic acids is 1. The van der Waals surface area contributed by atoms with Gasteiger partial charge in [0, 0.05) is 6.42 Å². The van der Waals surface area contributed by atoms with Crippen LogP contribution in [0.5, 0.6) is 0 Å². The van der Waals surface area contributed by atoms with E-state index in [9.17, 15) is 14.7 Å². The molecule has 0 saturated carbocycles. The molecule has 1 amide bonds. The Morgan fingerprint density at radius 1 is 1.33 bits per heavy atom. The van der Waals surface area contributed by atoms with Crippen molar-refractivity contribution in [3.05, 3.63) is 29.3 Å². The van der Waals surface area contributed by atoms with Crippen molar-refractivity contribution in [2.24, 2.45) is 17.6 Å². The number of amides is 1. The van der Waals surface area contributed by atoms with E-state index in [-0.39, 0.29) is 17.4 Å². The monoisotopic (exact) mass is 292 g/mol. The van der Waals surface area contributed by atoms with Crippen LogP contribution >= 0.6 is 0 Å². The van der Waals surface area contributed by atoms with Crippen molar-refractivity contribution in [1.29, 1.82) is 0 Å². The molecule has 0 radical (unpaired) electrons. The number of hydrogen-bond acceptors (Lipinski definition) is 3. The molecule has 0 saturated heterocycles. The van der Waals surface area contributed by atoms with Crippen molar-refractivity contribution in [3.8, 4) is 0 Å². The first-order valence-electron chi connectivity index (χ1n) is 7.18.